The molecule has 1 saturated carbocycles. The second-order valence-corrected chi connectivity index (χ2v) is 4.48. The summed E-state index contributed by atoms with van der Waals surface area (Å²) in [4.78, 5) is 11.2. The molecular weight excluding hydrogens is 205 g/mol. The number of carbonyl (C=O) groups is 1. The highest BCUT2D eigenvalue weighted by Gasteiger charge is 2.48. The third-order valence-corrected chi connectivity index (χ3v) is 3.51. The predicted octanol–water partition coefficient (Wildman–Crippen LogP) is 3.58. The standard InChI is InChI=1S/C11H17F3O/c1-3-7(2)9-6-8(15)4-5-10(9)11(12,13)14/h7,9-10H,3-6H2,1-2H3. The lowest BCUT2D eigenvalue weighted by Crippen LogP contribution is -2.38. The second kappa shape index (κ2) is 4.54. The zero-order valence-electron chi connectivity index (χ0n) is 9.10. The van der Waals surface area contributed by atoms with Crippen molar-refractivity contribution >= 4 is 5.78 Å². The summed E-state index contributed by atoms with van der Waals surface area (Å²) in [6.45, 7) is 3.68. The minimum absolute atomic E-state index is 0.0131. The van der Waals surface area contributed by atoms with Crippen molar-refractivity contribution < 1.29 is 18.0 Å². The first kappa shape index (κ1) is 12.5. The van der Waals surface area contributed by atoms with Gasteiger partial charge in [-0.3, -0.25) is 4.79 Å². The Morgan fingerprint density at radius 2 is 2.07 bits per heavy atom. The van der Waals surface area contributed by atoms with Gasteiger partial charge in [-0.25, -0.2) is 0 Å². The molecule has 15 heavy (non-hydrogen) atoms. The van der Waals surface area contributed by atoms with Gasteiger partial charge in [0.25, 0.3) is 0 Å². The molecule has 0 saturated heterocycles. The summed E-state index contributed by atoms with van der Waals surface area (Å²) < 4.78 is 38.1. The largest absolute Gasteiger partial charge is 0.392 e. The molecule has 1 fully saturated rings. The Bertz CT molecular complexity index is 234. The van der Waals surface area contributed by atoms with Crippen LogP contribution in [0.15, 0.2) is 0 Å². The van der Waals surface area contributed by atoms with Crippen LogP contribution >= 0.6 is 0 Å². The lowest BCUT2D eigenvalue weighted by atomic mass is 9.71. The SMILES string of the molecule is CCC(C)C1CC(=O)CCC1C(F)(F)F. The third kappa shape index (κ3) is 2.95. The molecule has 0 spiro atoms. The molecule has 1 aliphatic rings. The number of halogens is 3. The summed E-state index contributed by atoms with van der Waals surface area (Å²) in [7, 11) is 0. The molecule has 88 valence electrons. The molecule has 0 bridgehead atoms. The number of Topliss-reactive ketones (excluding diaryl/α,β-unsaturated/α-hetero) is 1. The molecule has 4 heteroatoms. The van der Waals surface area contributed by atoms with E-state index in [0.717, 1.165) is 0 Å². The van der Waals surface area contributed by atoms with Gasteiger partial charge in [0.2, 0.25) is 0 Å². The van der Waals surface area contributed by atoms with Crippen LogP contribution in [-0.2, 0) is 4.79 Å². The summed E-state index contributed by atoms with van der Waals surface area (Å²) in [5.41, 5.74) is 0. The van der Waals surface area contributed by atoms with Crippen LogP contribution in [0, 0.1) is 17.8 Å². The molecule has 0 aromatic rings. The normalized spacial score (nSPS) is 30.3. The van der Waals surface area contributed by atoms with Crippen molar-refractivity contribution in [1.82, 2.24) is 0 Å². The Balaban J connectivity index is 2.79. The zero-order valence-corrected chi connectivity index (χ0v) is 9.10. The summed E-state index contributed by atoms with van der Waals surface area (Å²) in [5.74, 6) is -1.82. The minimum Gasteiger partial charge on any atom is -0.300 e. The van der Waals surface area contributed by atoms with E-state index in [0.29, 0.717) is 6.42 Å². The average molecular weight is 222 g/mol. The zero-order chi connectivity index (χ0) is 11.6. The monoisotopic (exact) mass is 222 g/mol. The van der Waals surface area contributed by atoms with E-state index in [1.807, 2.05) is 13.8 Å². The Labute approximate surface area is 88.0 Å². The molecule has 0 N–H and O–H groups in total. The van der Waals surface area contributed by atoms with Crippen molar-refractivity contribution in [1.29, 1.82) is 0 Å². The third-order valence-electron chi connectivity index (χ3n) is 3.51. The van der Waals surface area contributed by atoms with Crippen LogP contribution in [0.25, 0.3) is 0 Å². The van der Waals surface area contributed by atoms with Gasteiger partial charge >= 0.3 is 6.18 Å². The average Bonchev–Trinajstić information content (AvgIpc) is 2.14. The summed E-state index contributed by atoms with van der Waals surface area (Å²) in [6, 6.07) is 0. The molecule has 0 aromatic carbocycles. The molecule has 1 nitrogen and oxygen atoms in total. The molecule has 0 heterocycles. The quantitative estimate of drug-likeness (QED) is 0.698. The van der Waals surface area contributed by atoms with Crippen LogP contribution in [0.2, 0.25) is 0 Å². The number of rotatable bonds is 2. The Morgan fingerprint density at radius 1 is 1.47 bits per heavy atom. The molecule has 1 rings (SSSR count). The van der Waals surface area contributed by atoms with E-state index in [1.54, 1.807) is 0 Å². The van der Waals surface area contributed by atoms with Crippen LogP contribution in [-0.4, -0.2) is 12.0 Å². The number of alkyl halides is 3. The van der Waals surface area contributed by atoms with E-state index in [9.17, 15) is 18.0 Å². The van der Waals surface area contributed by atoms with Gasteiger partial charge in [0.15, 0.2) is 0 Å². The van der Waals surface area contributed by atoms with Gasteiger partial charge in [-0.1, -0.05) is 20.3 Å². The number of carbonyl (C=O) groups excluding carboxylic acids is 1. The number of ketones is 1. The van der Waals surface area contributed by atoms with E-state index in [-0.39, 0.29) is 31.0 Å². The van der Waals surface area contributed by atoms with Crippen LogP contribution in [0.3, 0.4) is 0 Å². The fourth-order valence-corrected chi connectivity index (χ4v) is 2.34. The Hall–Kier alpha value is -0.540. The molecule has 3 atom stereocenters. The maximum Gasteiger partial charge on any atom is 0.392 e. The van der Waals surface area contributed by atoms with E-state index >= 15 is 0 Å². The van der Waals surface area contributed by atoms with E-state index in [4.69, 9.17) is 0 Å². The van der Waals surface area contributed by atoms with Crippen LogP contribution in [0.5, 0.6) is 0 Å². The topological polar surface area (TPSA) is 17.1 Å². The van der Waals surface area contributed by atoms with Crippen LogP contribution in [0.4, 0.5) is 13.2 Å². The van der Waals surface area contributed by atoms with Gasteiger partial charge in [0.1, 0.15) is 5.78 Å². The van der Waals surface area contributed by atoms with Crippen molar-refractivity contribution in [3.63, 3.8) is 0 Å². The van der Waals surface area contributed by atoms with Crippen molar-refractivity contribution in [2.75, 3.05) is 0 Å². The van der Waals surface area contributed by atoms with Crippen LogP contribution < -0.4 is 0 Å². The summed E-state index contributed by atoms with van der Waals surface area (Å²) in [5, 5.41) is 0. The molecule has 1 aliphatic carbocycles. The van der Waals surface area contributed by atoms with E-state index in [1.165, 1.54) is 0 Å². The lowest BCUT2D eigenvalue weighted by Gasteiger charge is -2.35. The highest BCUT2D eigenvalue weighted by atomic mass is 19.4. The first-order chi connectivity index (χ1) is 6.86. The number of hydrogen-bond acceptors (Lipinski definition) is 1. The maximum absolute atomic E-state index is 12.7. The van der Waals surface area contributed by atoms with Gasteiger partial charge in [-0.15, -0.1) is 0 Å². The van der Waals surface area contributed by atoms with Crippen LogP contribution in [0.1, 0.15) is 39.5 Å². The second-order valence-electron chi connectivity index (χ2n) is 4.48. The van der Waals surface area contributed by atoms with Crippen molar-refractivity contribution in [2.24, 2.45) is 17.8 Å². The predicted molar refractivity (Wildman–Crippen MR) is 51.3 cm³/mol. The Morgan fingerprint density at radius 3 is 2.53 bits per heavy atom. The fourth-order valence-electron chi connectivity index (χ4n) is 2.34. The van der Waals surface area contributed by atoms with Crippen molar-refractivity contribution in [3.05, 3.63) is 0 Å². The van der Waals surface area contributed by atoms with Crippen molar-refractivity contribution in [2.45, 2.75) is 45.7 Å². The van der Waals surface area contributed by atoms with Gasteiger partial charge in [-0.2, -0.15) is 13.2 Å². The highest BCUT2D eigenvalue weighted by Crippen LogP contribution is 2.44. The van der Waals surface area contributed by atoms with Gasteiger partial charge in [-0.05, 0) is 18.3 Å². The van der Waals surface area contributed by atoms with E-state index in [2.05, 4.69) is 0 Å². The molecule has 3 unspecified atom stereocenters. The fraction of sp³-hybridized carbons (Fsp3) is 0.909. The number of hydrogen-bond donors (Lipinski definition) is 0. The molecular formula is C11H17F3O. The van der Waals surface area contributed by atoms with Gasteiger partial charge in [0, 0.05) is 12.8 Å². The van der Waals surface area contributed by atoms with Gasteiger partial charge < -0.3 is 0 Å². The minimum atomic E-state index is -4.14. The summed E-state index contributed by atoms with van der Waals surface area (Å²) in [6.07, 6.45) is -3.26. The Kier molecular flexibility index (Phi) is 3.79. The van der Waals surface area contributed by atoms with E-state index < -0.39 is 18.0 Å². The van der Waals surface area contributed by atoms with Crippen molar-refractivity contribution in [3.8, 4) is 0 Å². The molecule has 0 aliphatic heterocycles. The summed E-state index contributed by atoms with van der Waals surface area (Å²) >= 11 is 0. The highest BCUT2D eigenvalue weighted by molar-refractivity contribution is 5.79. The lowest BCUT2D eigenvalue weighted by molar-refractivity contribution is -0.200. The first-order valence-electron chi connectivity index (χ1n) is 5.44. The van der Waals surface area contributed by atoms with Gasteiger partial charge in [0.05, 0.1) is 5.92 Å². The molecule has 0 radical (unpaired) electrons. The molecule has 0 amide bonds. The first-order valence-corrected chi connectivity index (χ1v) is 5.44. The smallest absolute Gasteiger partial charge is 0.300 e. The molecule has 0 aromatic heterocycles. The maximum atomic E-state index is 12.7.